The highest BCUT2D eigenvalue weighted by atomic mass is 35.5. The van der Waals surface area contributed by atoms with Crippen molar-refractivity contribution in [1.29, 1.82) is 0 Å². The lowest BCUT2D eigenvalue weighted by atomic mass is 10.1. The van der Waals surface area contributed by atoms with Crippen LogP contribution >= 0.6 is 11.6 Å². The van der Waals surface area contributed by atoms with E-state index in [-0.39, 0.29) is 10.8 Å². The molecule has 0 aliphatic heterocycles. The lowest BCUT2D eigenvalue weighted by Crippen LogP contribution is -2.29. The van der Waals surface area contributed by atoms with Crippen LogP contribution in [0.2, 0.25) is 5.02 Å². The van der Waals surface area contributed by atoms with E-state index in [0.717, 1.165) is 12.1 Å². The van der Waals surface area contributed by atoms with E-state index in [2.05, 4.69) is 10.7 Å². The first-order valence-corrected chi connectivity index (χ1v) is 7.81. The fraction of sp³-hybridized carbons (Fsp3) is 0.125. The van der Waals surface area contributed by atoms with E-state index in [1.165, 1.54) is 23.2 Å². The lowest BCUT2D eigenvalue weighted by Gasteiger charge is -2.14. The summed E-state index contributed by atoms with van der Waals surface area (Å²) < 4.78 is 45.6. The van der Waals surface area contributed by atoms with Crippen LogP contribution < -0.4 is 27.2 Å². The first-order chi connectivity index (χ1) is 12.7. The van der Waals surface area contributed by atoms with Crippen LogP contribution in [0.3, 0.4) is 0 Å². The molecular weight excluding hydrogens is 387 g/mol. The topological polar surface area (TPSA) is 105 Å². The number of nitrogens with two attached hydrogens (primary N) is 2. The molecular formula is C16H16ClF3N5O2+. The van der Waals surface area contributed by atoms with E-state index < -0.39 is 29.9 Å². The predicted molar refractivity (Wildman–Crippen MR) is 94.5 cm³/mol. The molecule has 1 amide bonds. The molecule has 0 aliphatic carbocycles. The second kappa shape index (κ2) is 8.60. The van der Waals surface area contributed by atoms with Gasteiger partial charge in [-0.15, -0.1) is 4.68 Å². The maximum atomic E-state index is 13.0. The van der Waals surface area contributed by atoms with Gasteiger partial charge in [-0.05, 0) is 30.3 Å². The normalized spacial score (nSPS) is 11.8. The first-order valence-electron chi connectivity index (χ1n) is 7.43. The van der Waals surface area contributed by atoms with Crippen LogP contribution in [0.1, 0.15) is 5.56 Å². The molecule has 0 bridgehead atoms. The molecule has 0 heterocycles. The smallest absolute Gasteiger partial charge is 0.418 e. The van der Waals surface area contributed by atoms with E-state index in [1.807, 2.05) is 0 Å². The summed E-state index contributed by atoms with van der Waals surface area (Å²) in [5, 5.41) is 2.07. The van der Waals surface area contributed by atoms with Crippen molar-refractivity contribution in [2.24, 2.45) is 11.7 Å². The molecule has 0 unspecified atom stereocenters. The predicted octanol–water partition coefficient (Wildman–Crippen LogP) is 2.39. The molecule has 6 N–H and O–H groups in total. The summed E-state index contributed by atoms with van der Waals surface area (Å²) in [7, 11) is 0. The summed E-state index contributed by atoms with van der Waals surface area (Å²) in [6.45, 7) is -0.507. The molecule has 0 radical (unpaired) electrons. The highest BCUT2D eigenvalue weighted by Crippen LogP contribution is 2.36. The molecule has 0 saturated heterocycles. The highest BCUT2D eigenvalue weighted by Gasteiger charge is 2.34. The molecule has 2 rings (SSSR count). The van der Waals surface area contributed by atoms with Crippen LogP contribution in [0.15, 0.2) is 42.5 Å². The van der Waals surface area contributed by atoms with Gasteiger partial charge in [-0.25, -0.2) is 5.43 Å². The largest absolute Gasteiger partial charge is 0.484 e. The van der Waals surface area contributed by atoms with Crippen molar-refractivity contribution in [2.45, 2.75) is 6.18 Å². The van der Waals surface area contributed by atoms with Gasteiger partial charge in [0.05, 0.1) is 11.3 Å². The van der Waals surface area contributed by atoms with E-state index in [1.54, 1.807) is 18.2 Å². The molecule has 7 nitrogen and oxygen atoms in total. The molecule has 0 fully saturated rings. The van der Waals surface area contributed by atoms with Crippen molar-refractivity contribution in [3.05, 3.63) is 53.1 Å². The second-order valence-electron chi connectivity index (χ2n) is 5.22. The van der Waals surface area contributed by atoms with Gasteiger partial charge in [0.1, 0.15) is 5.75 Å². The number of halogens is 4. The molecule has 0 aromatic heterocycles. The molecule has 11 heteroatoms. The fourth-order valence-corrected chi connectivity index (χ4v) is 2.26. The third-order valence-electron chi connectivity index (χ3n) is 3.26. The number of hydrogen-bond acceptors (Lipinski definition) is 4. The summed E-state index contributed by atoms with van der Waals surface area (Å²) in [4.78, 5) is 12.0. The number of carbonyl (C=O) groups excluding carboxylic acids is 1. The van der Waals surface area contributed by atoms with Crippen LogP contribution in [0, 0.1) is 0 Å². The van der Waals surface area contributed by atoms with Crippen molar-refractivity contribution in [3.8, 4) is 5.75 Å². The van der Waals surface area contributed by atoms with Gasteiger partial charge in [-0.1, -0.05) is 17.7 Å². The van der Waals surface area contributed by atoms with Gasteiger partial charge >= 0.3 is 6.18 Å². The van der Waals surface area contributed by atoms with E-state index in [9.17, 15) is 18.0 Å². The van der Waals surface area contributed by atoms with Gasteiger partial charge in [0.2, 0.25) is 0 Å². The van der Waals surface area contributed by atoms with Gasteiger partial charge in [0, 0.05) is 11.1 Å². The third kappa shape index (κ3) is 5.76. The Morgan fingerprint density at radius 1 is 1.26 bits per heavy atom. The third-order valence-corrected chi connectivity index (χ3v) is 3.50. The number of alkyl halides is 3. The summed E-state index contributed by atoms with van der Waals surface area (Å²) in [6.07, 6.45) is -3.38. The minimum atomic E-state index is -4.67. The lowest BCUT2D eigenvalue weighted by molar-refractivity contribution is -0.449. The monoisotopic (exact) mass is 402 g/mol. The number of amides is 1. The maximum Gasteiger partial charge on any atom is 0.418 e. The van der Waals surface area contributed by atoms with Crippen molar-refractivity contribution >= 4 is 35.2 Å². The Labute approximate surface area is 157 Å². The van der Waals surface area contributed by atoms with Gasteiger partial charge < -0.3 is 10.1 Å². The van der Waals surface area contributed by atoms with Gasteiger partial charge in [0.25, 0.3) is 12.2 Å². The number of nitrogens with one attached hydrogen (secondary N) is 2. The van der Waals surface area contributed by atoms with Crippen LogP contribution in [0.5, 0.6) is 5.75 Å². The van der Waals surface area contributed by atoms with Crippen LogP contribution in [-0.4, -0.2) is 23.5 Å². The van der Waals surface area contributed by atoms with Crippen LogP contribution in [0.25, 0.3) is 0 Å². The van der Waals surface area contributed by atoms with Crippen molar-refractivity contribution < 1.29 is 27.4 Å². The van der Waals surface area contributed by atoms with Crippen LogP contribution in [0.4, 0.5) is 24.5 Å². The standard InChI is InChI=1S/C16H15ClF3N5O2/c17-10-4-5-14(13(6-10)16(18,19)20)24-15(26)8-27-12-3-1-2-11(7-12)25(22)9-23-21/h1-7,9H,8,21-22H2,(H,24,26)/p+1. The second-order valence-corrected chi connectivity index (χ2v) is 5.66. The number of anilines is 1. The van der Waals surface area contributed by atoms with E-state index in [4.69, 9.17) is 28.0 Å². The summed E-state index contributed by atoms with van der Waals surface area (Å²) in [5.41, 5.74) is 1.30. The Morgan fingerprint density at radius 2 is 2.00 bits per heavy atom. The summed E-state index contributed by atoms with van der Waals surface area (Å²) >= 11 is 5.60. The average molecular weight is 403 g/mol. The zero-order chi connectivity index (χ0) is 20.0. The molecule has 27 heavy (non-hydrogen) atoms. The Kier molecular flexibility index (Phi) is 6.48. The Hall–Kier alpha value is -2.98. The first kappa shape index (κ1) is 20.3. The fourth-order valence-electron chi connectivity index (χ4n) is 2.08. The molecule has 0 atom stereocenters. The molecule has 144 valence electrons. The number of ether oxygens (including phenoxy) is 1. The number of hydrazone groups is 1. The molecule has 2 aromatic rings. The summed E-state index contributed by atoms with van der Waals surface area (Å²) in [6, 6.07) is 9.41. The zero-order valence-electron chi connectivity index (χ0n) is 13.8. The number of nitrogens with zero attached hydrogens (tertiary/aromatic N) is 1. The van der Waals surface area contributed by atoms with Gasteiger partial charge in [0.15, 0.2) is 12.3 Å². The highest BCUT2D eigenvalue weighted by molar-refractivity contribution is 6.30. The number of rotatable bonds is 6. The maximum absolute atomic E-state index is 13.0. The van der Waals surface area contributed by atoms with E-state index >= 15 is 0 Å². The Bertz CT molecular complexity index is 858. The van der Waals surface area contributed by atoms with Crippen LogP contribution in [-0.2, 0) is 11.0 Å². The van der Waals surface area contributed by atoms with Gasteiger partial charge in [-0.3, -0.25) is 10.6 Å². The number of carbonyl (C=O) groups is 1. The number of hydrogen-bond donors (Lipinski definition) is 4. The van der Waals surface area contributed by atoms with Crippen molar-refractivity contribution in [1.82, 2.24) is 5.43 Å². The average Bonchev–Trinajstić information content (AvgIpc) is 2.61. The molecule has 0 spiro atoms. The summed E-state index contributed by atoms with van der Waals surface area (Å²) in [5.74, 6) is 10.3. The van der Waals surface area contributed by atoms with Crippen molar-refractivity contribution in [2.75, 3.05) is 11.9 Å². The number of hydrazine groups is 2. The van der Waals surface area contributed by atoms with Gasteiger partial charge in [-0.2, -0.15) is 19.0 Å². The molecule has 0 saturated carbocycles. The Balaban J connectivity index is 2.06. The zero-order valence-corrected chi connectivity index (χ0v) is 14.5. The minimum Gasteiger partial charge on any atom is -0.484 e. The molecule has 0 aliphatic rings. The SMILES string of the molecule is NNC=[N+](N)c1cccc(OCC(=O)Nc2ccc(Cl)cc2C(F)(F)F)c1. The Morgan fingerprint density at radius 3 is 2.67 bits per heavy atom. The number of benzene rings is 2. The molecule has 2 aromatic carbocycles. The quantitative estimate of drug-likeness (QED) is 0.195. The van der Waals surface area contributed by atoms with Crippen molar-refractivity contribution in [3.63, 3.8) is 0 Å². The minimum absolute atomic E-state index is 0.0940. The van der Waals surface area contributed by atoms with E-state index in [0.29, 0.717) is 5.69 Å².